The van der Waals surface area contributed by atoms with Crippen LogP contribution in [0.5, 0.6) is 0 Å². The zero-order valence-corrected chi connectivity index (χ0v) is 15.3. The molecule has 1 saturated heterocycles. The van der Waals surface area contributed by atoms with Gasteiger partial charge >= 0.3 is 0 Å². The minimum atomic E-state index is 0. The number of amides is 1. The molecule has 1 amide bonds. The molecule has 4 nitrogen and oxygen atoms in total. The molecule has 0 aliphatic carbocycles. The lowest BCUT2D eigenvalue weighted by molar-refractivity contribution is 0.0951. The van der Waals surface area contributed by atoms with Gasteiger partial charge in [0.05, 0.1) is 0 Å². The molecular formula is C17H29Cl2N3O. The molecule has 132 valence electrons. The smallest absolute Gasteiger partial charge is 0.251 e. The van der Waals surface area contributed by atoms with E-state index in [2.05, 4.69) is 10.2 Å². The number of nitrogens with one attached hydrogen (secondary N) is 1. The van der Waals surface area contributed by atoms with E-state index in [1.54, 1.807) is 0 Å². The van der Waals surface area contributed by atoms with Crippen LogP contribution in [0.2, 0.25) is 0 Å². The van der Waals surface area contributed by atoms with Crippen molar-refractivity contribution in [2.45, 2.75) is 38.6 Å². The Bertz CT molecular complexity index is 432. The number of nitrogens with two attached hydrogens (primary N) is 1. The minimum Gasteiger partial charge on any atom is -0.352 e. The fourth-order valence-electron chi connectivity index (χ4n) is 2.76. The molecule has 23 heavy (non-hydrogen) atoms. The highest BCUT2D eigenvalue weighted by molar-refractivity contribution is 5.94. The molecule has 2 rings (SSSR count). The first-order chi connectivity index (χ1) is 10.3. The van der Waals surface area contributed by atoms with Gasteiger partial charge in [0, 0.05) is 18.7 Å². The molecule has 1 aliphatic rings. The van der Waals surface area contributed by atoms with Crippen molar-refractivity contribution in [3.05, 3.63) is 35.4 Å². The number of halogens is 2. The molecular weight excluding hydrogens is 333 g/mol. The van der Waals surface area contributed by atoms with Gasteiger partial charge in [-0.3, -0.25) is 4.79 Å². The Labute approximate surface area is 152 Å². The Morgan fingerprint density at radius 2 is 1.65 bits per heavy atom. The highest BCUT2D eigenvalue weighted by atomic mass is 35.5. The molecule has 1 aromatic rings. The Kier molecular flexibility index (Phi) is 12.1. The van der Waals surface area contributed by atoms with Crippen molar-refractivity contribution in [1.29, 1.82) is 0 Å². The van der Waals surface area contributed by atoms with Crippen molar-refractivity contribution < 1.29 is 4.79 Å². The summed E-state index contributed by atoms with van der Waals surface area (Å²) in [4.78, 5) is 14.5. The molecule has 3 N–H and O–H groups in total. The summed E-state index contributed by atoms with van der Waals surface area (Å²) in [6.07, 6.45) is 6.39. The van der Waals surface area contributed by atoms with Crippen LogP contribution in [-0.4, -0.2) is 37.0 Å². The summed E-state index contributed by atoms with van der Waals surface area (Å²) < 4.78 is 0. The first-order valence-electron chi connectivity index (χ1n) is 8.09. The van der Waals surface area contributed by atoms with Gasteiger partial charge in [-0.2, -0.15) is 0 Å². The molecule has 0 spiro atoms. The van der Waals surface area contributed by atoms with E-state index in [0.717, 1.165) is 25.1 Å². The quantitative estimate of drug-likeness (QED) is 0.765. The molecule has 0 radical (unpaired) electrons. The van der Waals surface area contributed by atoms with Crippen molar-refractivity contribution in [2.75, 3.05) is 26.2 Å². The summed E-state index contributed by atoms with van der Waals surface area (Å²) in [5, 5.41) is 2.99. The lowest BCUT2D eigenvalue weighted by Gasteiger charge is -2.19. The third-order valence-electron chi connectivity index (χ3n) is 4.09. The summed E-state index contributed by atoms with van der Waals surface area (Å²) in [6.45, 7) is 4.78. The van der Waals surface area contributed by atoms with Gasteiger partial charge < -0.3 is 16.0 Å². The number of likely N-dealkylation sites (tertiary alicyclic amines) is 1. The summed E-state index contributed by atoms with van der Waals surface area (Å²) >= 11 is 0. The second kappa shape index (κ2) is 12.6. The first-order valence-corrected chi connectivity index (χ1v) is 8.09. The third kappa shape index (κ3) is 8.02. The van der Waals surface area contributed by atoms with Gasteiger partial charge in [-0.05, 0) is 56.6 Å². The number of carbonyl (C=O) groups is 1. The van der Waals surface area contributed by atoms with E-state index in [1.807, 2.05) is 24.3 Å². The standard InChI is InChI=1S/C17H27N3O.2ClH/c18-14-15-6-8-16(9-7-15)17(21)19-10-5-13-20-11-3-1-2-4-12-20;;/h6-9H,1-5,10-14,18H2,(H,19,21);2*1H. The van der Waals surface area contributed by atoms with Gasteiger partial charge in [0.1, 0.15) is 0 Å². The lowest BCUT2D eigenvalue weighted by atomic mass is 10.1. The second-order valence-electron chi connectivity index (χ2n) is 5.77. The van der Waals surface area contributed by atoms with Crippen LogP contribution in [0.4, 0.5) is 0 Å². The van der Waals surface area contributed by atoms with E-state index in [4.69, 9.17) is 5.73 Å². The van der Waals surface area contributed by atoms with Crippen molar-refractivity contribution in [3.63, 3.8) is 0 Å². The van der Waals surface area contributed by atoms with Crippen molar-refractivity contribution in [2.24, 2.45) is 5.73 Å². The number of rotatable bonds is 6. The molecule has 1 aromatic carbocycles. The average molecular weight is 362 g/mol. The first kappa shape index (κ1) is 22.2. The number of benzene rings is 1. The van der Waals surface area contributed by atoms with E-state index in [9.17, 15) is 4.79 Å². The SMILES string of the molecule is Cl.Cl.NCc1ccc(C(=O)NCCCN2CCCCCC2)cc1. The molecule has 0 unspecified atom stereocenters. The maximum atomic E-state index is 12.0. The molecule has 0 bridgehead atoms. The van der Waals surface area contributed by atoms with E-state index < -0.39 is 0 Å². The molecule has 0 aromatic heterocycles. The van der Waals surface area contributed by atoms with Gasteiger partial charge in [-0.15, -0.1) is 24.8 Å². The zero-order chi connectivity index (χ0) is 14.9. The number of carbonyl (C=O) groups excluding carboxylic acids is 1. The maximum Gasteiger partial charge on any atom is 0.251 e. The monoisotopic (exact) mass is 361 g/mol. The third-order valence-corrected chi connectivity index (χ3v) is 4.09. The Balaban J connectivity index is 0.00000242. The Hall–Kier alpha value is -0.810. The molecule has 1 heterocycles. The van der Waals surface area contributed by atoms with Crippen LogP contribution in [0.15, 0.2) is 24.3 Å². The van der Waals surface area contributed by atoms with Gasteiger partial charge in [0.15, 0.2) is 0 Å². The maximum absolute atomic E-state index is 12.0. The topological polar surface area (TPSA) is 58.4 Å². The highest BCUT2D eigenvalue weighted by Gasteiger charge is 2.09. The summed E-state index contributed by atoms with van der Waals surface area (Å²) in [6, 6.07) is 7.50. The molecule has 0 atom stereocenters. The Morgan fingerprint density at radius 1 is 1.04 bits per heavy atom. The number of nitrogens with zero attached hydrogens (tertiary/aromatic N) is 1. The number of hydrogen-bond donors (Lipinski definition) is 2. The molecule has 0 saturated carbocycles. The van der Waals surface area contributed by atoms with Gasteiger partial charge in [-0.25, -0.2) is 0 Å². The van der Waals surface area contributed by atoms with E-state index in [1.165, 1.54) is 38.8 Å². The highest BCUT2D eigenvalue weighted by Crippen LogP contribution is 2.09. The molecule has 1 aliphatic heterocycles. The fraction of sp³-hybridized carbons (Fsp3) is 0.588. The molecule has 1 fully saturated rings. The van der Waals surface area contributed by atoms with Crippen LogP contribution >= 0.6 is 24.8 Å². The van der Waals surface area contributed by atoms with E-state index in [0.29, 0.717) is 12.1 Å². The van der Waals surface area contributed by atoms with Crippen molar-refractivity contribution >= 4 is 30.7 Å². The lowest BCUT2D eigenvalue weighted by Crippen LogP contribution is -2.30. The zero-order valence-electron chi connectivity index (χ0n) is 13.6. The molecule has 6 heteroatoms. The average Bonchev–Trinajstić information content (AvgIpc) is 2.80. The van der Waals surface area contributed by atoms with Crippen molar-refractivity contribution in [3.8, 4) is 0 Å². The van der Waals surface area contributed by atoms with Crippen LogP contribution in [0, 0.1) is 0 Å². The van der Waals surface area contributed by atoms with Crippen LogP contribution in [0.1, 0.15) is 48.0 Å². The summed E-state index contributed by atoms with van der Waals surface area (Å²) in [5.41, 5.74) is 7.31. The van der Waals surface area contributed by atoms with Crippen LogP contribution in [0.25, 0.3) is 0 Å². The van der Waals surface area contributed by atoms with Crippen molar-refractivity contribution in [1.82, 2.24) is 10.2 Å². The van der Waals surface area contributed by atoms with E-state index in [-0.39, 0.29) is 30.7 Å². The van der Waals surface area contributed by atoms with Gasteiger partial charge in [-0.1, -0.05) is 25.0 Å². The minimum absolute atomic E-state index is 0. The number of hydrogen-bond acceptors (Lipinski definition) is 3. The normalized spacial score (nSPS) is 15.0. The summed E-state index contributed by atoms with van der Waals surface area (Å²) in [5.74, 6) is 0.00874. The predicted octanol–water partition coefficient (Wildman–Crippen LogP) is 2.98. The fourth-order valence-corrected chi connectivity index (χ4v) is 2.76. The van der Waals surface area contributed by atoms with Crippen LogP contribution in [-0.2, 0) is 6.54 Å². The predicted molar refractivity (Wildman–Crippen MR) is 101 cm³/mol. The van der Waals surface area contributed by atoms with Crippen LogP contribution < -0.4 is 11.1 Å². The largest absolute Gasteiger partial charge is 0.352 e. The van der Waals surface area contributed by atoms with Crippen LogP contribution in [0.3, 0.4) is 0 Å². The van der Waals surface area contributed by atoms with E-state index >= 15 is 0 Å². The van der Waals surface area contributed by atoms with Gasteiger partial charge in [0.2, 0.25) is 0 Å². The Morgan fingerprint density at radius 3 is 2.22 bits per heavy atom. The summed E-state index contributed by atoms with van der Waals surface area (Å²) in [7, 11) is 0. The second-order valence-corrected chi connectivity index (χ2v) is 5.77. The van der Waals surface area contributed by atoms with Gasteiger partial charge in [0.25, 0.3) is 5.91 Å².